The molecule has 1 unspecified atom stereocenters. The molecule has 0 radical (unpaired) electrons. The predicted molar refractivity (Wildman–Crippen MR) is 118 cm³/mol. The molecule has 0 spiro atoms. The van der Waals surface area contributed by atoms with Crippen LogP contribution in [0.5, 0.6) is 0 Å². The molecule has 0 bridgehead atoms. The fourth-order valence-corrected chi connectivity index (χ4v) is 4.18. The third-order valence-electron chi connectivity index (χ3n) is 6.17. The molecule has 1 aromatic carbocycles. The highest BCUT2D eigenvalue weighted by Gasteiger charge is 2.22. The van der Waals surface area contributed by atoms with E-state index in [1.165, 1.54) is 38.3 Å². The molecule has 2 aliphatic heterocycles. The van der Waals surface area contributed by atoms with Crippen LogP contribution in [0.2, 0.25) is 0 Å². The van der Waals surface area contributed by atoms with E-state index in [1.807, 2.05) is 7.05 Å². The molecule has 0 aromatic heterocycles. The van der Waals surface area contributed by atoms with Gasteiger partial charge in [0.25, 0.3) is 0 Å². The van der Waals surface area contributed by atoms with E-state index in [2.05, 4.69) is 74.1 Å². The van der Waals surface area contributed by atoms with Gasteiger partial charge in [-0.15, -0.1) is 0 Å². The van der Waals surface area contributed by atoms with E-state index in [9.17, 15) is 0 Å². The van der Waals surface area contributed by atoms with E-state index in [4.69, 9.17) is 0 Å². The van der Waals surface area contributed by atoms with Gasteiger partial charge in [-0.05, 0) is 19.0 Å². The molecule has 2 heterocycles. The van der Waals surface area contributed by atoms with Crippen molar-refractivity contribution in [2.24, 2.45) is 4.99 Å². The fraction of sp³-hybridized carbons (Fsp3) is 0.682. The van der Waals surface area contributed by atoms with Crippen LogP contribution in [0.4, 0.5) is 0 Å². The molecule has 0 saturated carbocycles. The normalized spacial score (nSPS) is 21.7. The van der Waals surface area contributed by atoms with Crippen LogP contribution in [0.3, 0.4) is 0 Å². The molecule has 3 rings (SSSR count). The van der Waals surface area contributed by atoms with Crippen molar-refractivity contribution < 1.29 is 0 Å². The molecule has 0 amide bonds. The summed E-state index contributed by atoms with van der Waals surface area (Å²) in [5.41, 5.74) is 1.40. The van der Waals surface area contributed by atoms with Gasteiger partial charge in [0.15, 0.2) is 5.96 Å². The molecule has 0 aliphatic carbocycles. The Labute approximate surface area is 171 Å². The Morgan fingerprint density at radius 2 is 1.61 bits per heavy atom. The van der Waals surface area contributed by atoms with Gasteiger partial charge < -0.3 is 15.1 Å². The first kappa shape index (κ1) is 21.1. The van der Waals surface area contributed by atoms with Crippen LogP contribution >= 0.6 is 0 Å². The van der Waals surface area contributed by atoms with Crippen molar-refractivity contribution in [2.45, 2.75) is 26.4 Å². The first-order chi connectivity index (χ1) is 13.7. The van der Waals surface area contributed by atoms with Crippen molar-refractivity contribution in [1.82, 2.24) is 24.9 Å². The topological polar surface area (TPSA) is 37.4 Å². The van der Waals surface area contributed by atoms with Crippen molar-refractivity contribution in [3.05, 3.63) is 35.9 Å². The Kier molecular flexibility index (Phi) is 8.13. The number of benzene rings is 1. The van der Waals surface area contributed by atoms with E-state index in [1.54, 1.807) is 0 Å². The molecule has 156 valence electrons. The quantitative estimate of drug-likeness (QED) is 0.591. The standard InChI is InChI=1S/C22H38N6/c1-4-25-10-14-27(15-11-25)20(2)18-24-22(23-3)28-16-12-26(13-17-28)19-21-8-6-5-7-9-21/h5-9,20H,4,10-19H2,1-3H3,(H,23,24). The number of hydrogen-bond acceptors (Lipinski definition) is 4. The van der Waals surface area contributed by atoms with Gasteiger partial charge in [0.05, 0.1) is 0 Å². The van der Waals surface area contributed by atoms with Crippen LogP contribution in [0.15, 0.2) is 35.3 Å². The Morgan fingerprint density at radius 3 is 2.21 bits per heavy atom. The molecule has 2 saturated heterocycles. The van der Waals surface area contributed by atoms with Gasteiger partial charge in [0, 0.05) is 78.5 Å². The molecule has 2 fully saturated rings. The number of likely N-dealkylation sites (N-methyl/N-ethyl adjacent to an activating group) is 1. The first-order valence-corrected chi connectivity index (χ1v) is 10.9. The van der Waals surface area contributed by atoms with Crippen LogP contribution in [0.1, 0.15) is 19.4 Å². The molecule has 6 nitrogen and oxygen atoms in total. The molecule has 1 atom stereocenters. The highest BCUT2D eigenvalue weighted by atomic mass is 15.4. The number of nitrogens with zero attached hydrogens (tertiary/aromatic N) is 5. The first-order valence-electron chi connectivity index (χ1n) is 10.9. The van der Waals surface area contributed by atoms with Crippen molar-refractivity contribution in [2.75, 3.05) is 72.5 Å². The van der Waals surface area contributed by atoms with E-state index in [0.717, 1.165) is 45.2 Å². The number of guanidine groups is 1. The number of nitrogens with one attached hydrogen (secondary N) is 1. The van der Waals surface area contributed by atoms with E-state index >= 15 is 0 Å². The maximum absolute atomic E-state index is 4.55. The highest BCUT2D eigenvalue weighted by Crippen LogP contribution is 2.09. The summed E-state index contributed by atoms with van der Waals surface area (Å²) in [6.07, 6.45) is 0. The van der Waals surface area contributed by atoms with Gasteiger partial charge >= 0.3 is 0 Å². The van der Waals surface area contributed by atoms with Crippen molar-refractivity contribution >= 4 is 5.96 Å². The lowest BCUT2D eigenvalue weighted by molar-refractivity contribution is 0.106. The minimum Gasteiger partial charge on any atom is -0.355 e. The molecule has 1 aromatic rings. The average molecular weight is 387 g/mol. The molecule has 2 aliphatic rings. The summed E-state index contributed by atoms with van der Waals surface area (Å²) >= 11 is 0. The number of rotatable bonds is 6. The molecule has 6 heteroatoms. The minimum absolute atomic E-state index is 0.537. The largest absolute Gasteiger partial charge is 0.355 e. The molecule has 1 N–H and O–H groups in total. The smallest absolute Gasteiger partial charge is 0.193 e. The number of piperazine rings is 2. The Morgan fingerprint density at radius 1 is 0.964 bits per heavy atom. The zero-order valence-electron chi connectivity index (χ0n) is 18.0. The van der Waals surface area contributed by atoms with Crippen molar-refractivity contribution in [3.63, 3.8) is 0 Å². The van der Waals surface area contributed by atoms with Crippen LogP contribution in [-0.2, 0) is 6.54 Å². The third-order valence-corrected chi connectivity index (χ3v) is 6.17. The Bertz CT molecular complexity index is 588. The summed E-state index contributed by atoms with van der Waals surface area (Å²) in [7, 11) is 1.91. The Hall–Kier alpha value is -1.63. The lowest BCUT2D eigenvalue weighted by atomic mass is 10.2. The zero-order chi connectivity index (χ0) is 19.8. The van der Waals surface area contributed by atoms with Gasteiger partial charge in [0.1, 0.15) is 0 Å². The maximum Gasteiger partial charge on any atom is 0.193 e. The molecular weight excluding hydrogens is 348 g/mol. The van der Waals surface area contributed by atoms with Gasteiger partial charge in [-0.2, -0.15) is 0 Å². The van der Waals surface area contributed by atoms with Crippen LogP contribution in [-0.4, -0.2) is 104 Å². The van der Waals surface area contributed by atoms with E-state index < -0.39 is 0 Å². The third kappa shape index (κ3) is 5.93. The maximum atomic E-state index is 4.55. The second-order valence-corrected chi connectivity index (χ2v) is 8.00. The minimum atomic E-state index is 0.537. The van der Waals surface area contributed by atoms with Gasteiger partial charge in [-0.1, -0.05) is 37.3 Å². The summed E-state index contributed by atoms with van der Waals surface area (Å²) in [4.78, 5) is 14.6. The zero-order valence-corrected chi connectivity index (χ0v) is 18.0. The van der Waals surface area contributed by atoms with Crippen LogP contribution in [0, 0.1) is 0 Å². The number of hydrogen-bond donors (Lipinski definition) is 1. The van der Waals surface area contributed by atoms with E-state index in [-0.39, 0.29) is 0 Å². The summed E-state index contributed by atoms with van der Waals surface area (Å²) in [6, 6.07) is 11.3. The molecular formula is C22H38N6. The average Bonchev–Trinajstić information content (AvgIpc) is 2.76. The summed E-state index contributed by atoms with van der Waals surface area (Å²) in [5, 5.41) is 3.63. The highest BCUT2D eigenvalue weighted by molar-refractivity contribution is 5.80. The Balaban J connectivity index is 1.40. The van der Waals surface area contributed by atoms with Crippen molar-refractivity contribution in [1.29, 1.82) is 0 Å². The summed E-state index contributed by atoms with van der Waals surface area (Å²) in [6.45, 7) is 16.7. The van der Waals surface area contributed by atoms with Gasteiger partial charge in [-0.25, -0.2) is 0 Å². The second kappa shape index (κ2) is 10.8. The van der Waals surface area contributed by atoms with Gasteiger partial charge in [-0.3, -0.25) is 14.8 Å². The monoisotopic (exact) mass is 386 g/mol. The van der Waals surface area contributed by atoms with Crippen LogP contribution in [0.25, 0.3) is 0 Å². The lowest BCUT2D eigenvalue weighted by Crippen LogP contribution is -2.55. The predicted octanol–water partition coefficient (Wildman–Crippen LogP) is 1.41. The van der Waals surface area contributed by atoms with Crippen molar-refractivity contribution in [3.8, 4) is 0 Å². The van der Waals surface area contributed by atoms with Crippen LogP contribution < -0.4 is 5.32 Å². The summed E-state index contributed by atoms with van der Waals surface area (Å²) < 4.78 is 0. The van der Waals surface area contributed by atoms with Gasteiger partial charge in [0.2, 0.25) is 0 Å². The van der Waals surface area contributed by atoms with E-state index in [0.29, 0.717) is 6.04 Å². The fourth-order valence-electron chi connectivity index (χ4n) is 4.18. The summed E-state index contributed by atoms with van der Waals surface area (Å²) in [5.74, 6) is 1.05. The lowest BCUT2D eigenvalue weighted by Gasteiger charge is -2.39. The second-order valence-electron chi connectivity index (χ2n) is 8.00. The number of aliphatic imine (C=N–C) groups is 1. The SMILES string of the molecule is CCN1CCN(C(C)CNC(=NC)N2CCN(Cc3ccccc3)CC2)CC1. The molecule has 28 heavy (non-hydrogen) atoms.